The summed E-state index contributed by atoms with van der Waals surface area (Å²) in [5.74, 6) is -1.02. The molecule has 1 aliphatic rings. The van der Waals surface area contributed by atoms with Gasteiger partial charge in [-0.3, -0.25) is 24.5 Å². The number of hydrogen-bond donors (Lipinski definition) is 3. The molecule has 1 aliphatic heterocycles. The Hall–Kier alpha value is -2.70. The molecule has 0 aliphatic carbocycles. The minimum Gasteiger partial charge on any atom is -0.347 e. The second-order valence-electron chi connectivity index (χ2n) is 6.07. The molecule has 1 heterocycles. The Kier molecular flexibility index (Phi) is 5.90. The van der Waals surface area contributed by atoms with Gasteiger partial charge in [0.2, 0.25) is 23.6 Å². The molecule has 7 nitrogen and oxygen atoms in total. The van der Waals surface area contributed by atoms with Crippen LogP contribution in [0.4, 0.5) is 5.69 Å². The van der Waals surface area contributed by atoms with E-state index in [0.717, 1.165) is 5.56 Å². The van der Waals surface area contributed by atoms with E-state index in [0.29, 0.717) is 31.4 Å². The zero-order chi connectivity index (χ0) is 18.4. The number of carbonyl (C=O) groups is 4. The van der Waals surface area contributed by atoms with Gasteiger partial charge in [-0.25, -0.2) is 0 Å². The quantitative estimate of drug-likeness (QED) is 0.675. The minimum atomic E-state index is -0.717. The third kappa shape index (κ3) is 4.23. The molecular weight excluding hydrogens is 322 g/mol. The molecule has 7 heteroatoms. The fraction of sp³-hybridized carbons (Fsp3) is 0.444. The van der Waals surface area contributed by atoms with Crippen LogP contribution in [-0.4, -0.2) is 30.2 Å². The predicted octanol–water partition coefficient (Wildman–Crippen LogP) is 1.24. The van der Waals surface area contributed by atoms with Crippen LogP contribution in [0.15, 0.2) is 24.3 Å². The van der Waals surface area contributed by atoms with Gasteiger partial charge < -0.3 is 10.6 Å². The topological polar surface area (TPSA) is 104 Å². The summed E-state index contributed by atoms with van der Waals surface area (Å²) in [5, 5.41) is 7.61. The molecule has 25 heavy (non-hydrogen) atoms. The van der Waals surface area contributed by atoms with Gasteiger partial charge in [-0.2, -0.15) is 0 Å². The number of rotatable bonds is 6. The first kappa shape index (κ1) is 18.6. The summed E-state index contributed by atoms with van der Waals surface area (Å²) in [4.78, 5) is 46.7. The van der Waals surface area contributed by atoms with Crippen LogP contribution >= 0.6 is 0 Å². The van der Waals surface area contributed by atoms with Crippen molar-refractivity contribution in [3.8, 4) is 0 Å². The van der Waals surface area contributed by atoms with Crippen LogP contribution in [-0.2, 0) is 24.6 Å². The molecular formula is C18H23N3O4. The molecule has 1 aromatic carbocycles. The largest absolute Gasteiger partial charge is 0.347 e. The zero-order valence-electron chi connectivity index (χ0n) is 14.5. The monoisotopic (exact) mass is 345 g/mol. The summed E-state index contributed by atoms with van der Waals surface area (Å²) in [6.45, 7) is 3.55. The normalized spacial score (nSPS) is 19.9. The van der Waals surface area contributed by atoms with Gasteiger partial charge in [-0.15, -0.1) is 0 Å². The highest BCUT2D eigenvalue weighted by Gasteiger charge is 2.42. The summed E-state index contributed by atoms with van der Waals surface area (Å²) >= 11 is 0. The molecule has 1 unspecified atom stereocenters. The lowest BCUT2D eigenvalue weighted by Crippen LogP contribution is -2.51. The van der Waals surface area contributed by atoms with Crippen molar-refractivity contribution in [2.45, 2.75) is 44.9 Å². The molecule has 2 rings (SSSR count). The van der Waals surface area contributed by atoms with E-state index in [1.54, 1.807) is 31.2 Å². The third-order valence-corrected chi connectivity index (χ3v) is 4.56. The molecule has 0 spiro atoms. The third-order valence-electron chi connectivity index (χ3n) is 4.56. The Labute approximate surface area is 146 Å². The lowest BCUT2D eigenvalue weighted by molar-refractivity contribution is -0.138. The Balaban J connectivity index is 2.06. The van der Waals surface area contributed by atoms with Crippen LogP contribution in [0.3, 0.4) is 0 Å². The first-order chi connectivity index (χ1) is 11.9. The van der Waals surface area contributed by atoms with E-state index >= 15 is 0 Å². The number of benzene rings is 1. The Bertz CT molecular complexity index is 684. The van der Waals surface area contributed by atoms with E-state index in [2.05, 4.69) is 16.0 Å². The number of imide groups is 1. The molecule has 0 saturated carbocycles. The molecule has 1 aromatic rings. The number of amides is 4. The Morgan fingerprint density at radius 2 is 1.80 bits per heavy atom. The number of nitrogens with one attached hydrogen (secondary N) is 3. The van der Waals surface area contributed by atoms with Gasteiger partial charge in [0, 0.05) is 18.5 Å². The highest BCUT2D eigenvalue weighted by Crippen LogP contribution is 2.36. The molecule has 3 N–H and O–H groups in total. The van der Waals surface area contributed by atoms with Gasteiger partial charge in [-0.05, 0) is 30.5 Å². The molecule has 1 atom stereocenters. The SMILES string of the molecule is CCC(=O)NCC(=O)Nc1ccc(C2(CC)CCC(=O)NC2=O)cc1. The van der Waals surface area contributed by atoms with E-state index in [9.17, 15) is 19.2 Å². The molecule has 0 radical (unpaired) electrons. The first-order valence-corrected chi connectivity index (χ1v) is 8.42. The van der Waals surface area contributed by atoms with Crippen LogP contribution in [0, 0.1) is 0 Å². The van der Waals surface area contributed by atoms with Crippen molar-refractivity contribution < 1.29 is 19.2 Å². The summed E-state index contributed by atoms with van der Waals surface area (Å²) in [6.07, 6.45) is 1.70. The molecule has 0 aromatic heterocycles. The maximum Gasteiger partial charge on any atom is 0.243 e. The van der Waals surface area contributed by atoms with Gasteiger partial charge in [-0.1, -0.05) is 26.0 Å². The van der Waals surface area contributed by atoms with Gasteiger partial charge in [0.05, 0.1) is 12.0 Å². The Morgan fingerprint density at radius 1 is 1.12 bits per heavy atom. The zero-order valence-corrected chi connectivity index (χ0v) is 14.5. The predicted molar refractivity (Wildman–Crippen MR) is 92.7 cm³/mol. The second-order valence-corrected chi connectivity index (χ2v) is 6.07. The van der Waals surface area contributed by atoms with Crippen molar-refractivity contribution in [1.82, 2.24) is 10.6 Å². The first-order valence-electron chi connectivity index (χ1n) is 8.42. The second kappa shape index (κ2) is 7.92. The highest BCUT2D eigenvalue weighted by molar-refractivity contribution is 6.03. The van der Waals surface area contributed by atoms with E-state index in [1.807, 2.05) is 6.92 Å². The van der Waals surface area contributed by atoms with Crippen molar-refractivity contribution >= 4 is 29.3 Å². The summed E-state index contributed by atoms with van der Waals surface area (Å²) in [7, 11) is 0. The van der Waals surface area contributed by atoms with Crippen molar-refractivity contribution in [3.05, 3.63) is 29.8 Å². The number of carbonyl (C=O) groups excluding carboxylic acids is 4. The fourth-order valence-electron chi connectivity index (χ4n) is 2.95. The number of hydrogen-bond acceptors (Lipinski definition) is 4. The van der Waals surface area contributed by atoms with E-state index in [1.165, 1.54) is 0 Å². The highest BCUT2D eigenvalue weighted by atomic mass is 16.2. The van der Waals surface area contributed by atoms with Crippen LogP contribution in [0.5, 0.6) is 0 Å². The van der Waals surface area contributed by atoms with Gasteiger partial charge >= 0.3 is 0 Å². The van der Waals surface area contributed by atoms with Crippen LogP contribution in [0.25, 0.3) is 0 Å². The standard InChI is InChI=1S/C18H23N3O4/c1-3-14(22)19-11-16(24)20-13-7-5-12(6-8-13)18(4-2)10-9-15(23)21-17(18)25/h5-8H,3-4,9-11H2,1-2H3,(H,19,22)(H,20,24)(H,21,23,25). The van der Waals surface area contributed by atoms with Crippen molar-refractivity contribution in [2.75, 3.05) is 11.9 Å². The number of piperidine rings is 1. The average molecular weight is 345 g/mol. The lowest BCUT2D eigenvalue weighted by Gasteiger charge is -2.35. The molecule has 134 valence electrons. The van der Waals surface area contributed by atoms with Crippen LogP contribution in [0.2, 0.25) is 0 Å². The van der Waals surface area contributed by atoms with Crippen LogP contribution < -0.4 is 16.0 Å². The minimum absolute atomic E-state index is 0.0855. The lowest BCUT2D eigenvalue weighted by atomic mass is 9.72. The maximum atomic E-state index is 12.4. The average Bonchev–Trinajstić information content (AvgIpc) is 2.61. The molecule has 0 bridgehead atoms. The fourth-order valence-corrected chi connectivity index (χ4v) is 2.95. The molecule has 1 saturated heterocycles. The molecule has 1 fully saturated rings. The summed E-state index contributed by atoms with van der Waals surface area (Å²) < 4.78 is 0. The van der Waals surface area contributed by atoms with Crippen molar-refractivity contribution in [3.63, 3.8) is 0 Å². The summed E-state index contributed by atoms with van der Waals surface area (Å²) in [5.41, 5.74) is 0.682. The van der Waals surface area contributed by atoms with Gasteiger partial charge in [0.1, 0.15) is 0 Å². The summed E-state index contributed by atoms with van der Waals surface area (Å²) in [6, 6.07) is 7.02. The maximum absolute atomic E-state index is 12.4. The smallest absolute Gasteiger partial charge is 0.243 e. The number of anilines is 1. The van der Waals surface area contributed by atoms with Crippen molar-refractivity contribution in [2.24, 2.45) is 0 Å². The van der Waals surface area contributed by atoms with Crippen molar-refractivity contribution in [1.29, 1.82) is 0 Å². The van der Waals surface area contributed by atoms with Gasteiger partial charge in [0.25, 0.3) is 0 Å². The van der Waals surface area contributed by atoms with Crippen LogP contribution in [0.1, 0.15) is 45.1 Å². The van der Waals surface area contributed by atoms with E-state index in [4.69, 9.17) is 0 Å². The Morgan fingerprint density at radius 3 is 2.36 bits per heavy atom. The van der Waals surface area contributed by atoms with E-state index < -0.39 is 5.41 Å². The van der Waals surface area contributed by atoms with Gasteiger partial charge in [0.15, 0.2) is 0 Å². The molecule has 4 amide bonds. The van der Waals surface area contributed by atoms with E-state index in [-0.39, 0.29) is 30.2 Å².